The monoisotopic (exact) mass is 333 g/mol. The molecule has 0 heterocycles. The molecule has 1 atom stereocenters. The Morgan fingerprint density at radius 2 is 1.95 bits per heavy atom. The van der Waals surface area contributed by atoms with Crippen molar-refractivity contribution in [1.82, 2.24) is 5.32 Å². The molecular formula is C15H22BrF2N. The summed E-state index contributed by atoms with van der Waals surface area (Å²) in [6.07, 6.45) is 4.75. The predicted octanol–water partition coefficient (Wildman–Crippen LogP) is 4.83. The maximum atomic E-state index is 13.9. The number of benzene rings is 1. The molecule has 19 heavy (non-hydrogen) atoms. The molecule has 1 nitrogen and oxygen atoms in total. The van der Waals surface area contributed by atoms with Gasteiger partial charge in [-0.25, -0.2) is 8.78 Å². The first-order chi connectivity index (χ1) is 9.10. The van der Waals surface area contributed by atoms with Crippen LogP contribution in [0.15, 0.2) is 16.6 Å². The van der Waals surface area contributed by atoms with Crippen LogP contribution >= 0.6 is 15.9 Å². The topological polar surface area (TPSA) is 12.0 Å². The van der Waals surface area contributed by atoms with Gasteiger partial charge in [0.25, 0.3) is 0 Å². The third-order valence-corrected chi connectivity index (χ3v) is 3.85. The summed E-state index contributed by atoms with van der Waals surface area (Å²) in [5.41, 5.74) is 0.178. The van der Waals surface area contributed by atoms with Gasteiger partial charge in [0.2, 0.25) is 0 Å². The van der Waals surface area contributed by atoms with Gasteiger partial charge in [0.05, 0.1) is 4.47 Å². The van der Waals surface area contributed by atoms with Gasteiger partial charge in [-0.05, 0) is 47.4 Å². The molecule has 0 bridgehead atoms. The molecule has 0 saturated carbocycles. The predicted molar refractivity (Wildman–Crippen MR) is 79.4 cm³/mol. The molecule has 0 fully saturated rings. The highest BCUT2D eigenvalue weighted by Gasteiger charge is 2.17. The molecule has 0 aliphatic carbocycles. The van der Waals surface area contributed by atoms with Crippen molar-refractivity contribution < 1.29 is 8.78 Å². The lowest BCUT2D eigenvalue weighted by Crippen LogP contribution is -2.31. The lowest BCUT2D eigenvalue weighted by Gasteiger charge is -2.19. The first-order valence-electron chi connectivity index (χ1n) is 6.95. The van der Waals surface area contributed by atoms with Gasteiger partial charge in [-0.15, -0.1) is 0 Å². The highest BCUT2D eigenvalue weighted by molar-refractivity contribution is 9.10. The standard InChI is InChI=1S/C15H22BrF2N/c1-3-5-6-7-11(19-4-2)10-12-14(17)9-8-13(16)15(12)18/h8-9,11,19H,3-7,10H2,1-2H3. The second kappa shape index (κ2) is 8.64. The van der Waals surface area contributed by atoms with Gasteiger partial charge in [-0.3, -0.25) is 0 Å². The Kier molecular flexibility index (Phi) is 7.54. The maximum Gasteiger partial charge on any atom is 0.143 e. The second-order valence-corrected chi connectivity index (χ2v) is 5.63. The Balaban J connectivity index is 2.75. The summed E-state index contributed by atoms with van der Waals surface area (Å²) >= 11 is 3.11. The van der Waals surface area contributed by atoms with Gasteiger partial charge in [-0.2, -0.15) is 0 Å². The van der Waals surface area contributed by atoms with Gasteiger partial charge in [0, 0.05) is 11.6 Å². The maximum absolute atomic E-state index is 13.9. The van der Waals surface area contributed by atoms with Crippen LogP contribution < -0.4 is 5.32 Å². The molecule has 1 aromatic rings. The number of likely N-dealkylation sites (N-methyl/N-ethyl adjacent to an activating group) is 1. The fourth-order valence-electron chi connectivity index (χ4n) is 2.21. The van der Waals surface area contributed by atoms with E-state index in [0.29, 0.717) is 10.9 Å². The minimum Gasteiger partial charge on any atom is -0.314 e. The first kappa shape index (κ1) is 16.6. The van der Waals surface area contributed by atoms with Crippen LogP contribution in [0.4, 0.5) is 8.78 Å². The average Bonchev–Trinajstić information content (AvgIpc) is 2.39. The normalized spacial score (nSPS) is 12.7. The van der Waals surface area contributed by atoms with Crippen molar-refractivity contribution in [2.24, 2.45) is 0 Å². The first-order valence-corrected chi connectivity index (χ1v) is 7.75. The van der Waals surface area contributed by atoms with Crippen molar-refractivity contribution in [3.8, 4) is 0 Å². The second-order valence-electron chi connectivity index (χ2n) is 4.78. The van der Waals surface area contributed by atoms with Crippen LogP contribution in [0, 0.1) is 11.6 Å². The Labute approximate surface area is 122 Å². The van der Waals surface area contributed by atoms with Crippen molar-refractivity contribution in [3.05, 3.63) is 33.8 Å². The van der Waals surface area contributed by atoms with E-state index >= 15 is 0 Å². The van der Waals surface area contributed by atoms with E-state index < -0.39 is 11.6 Å². The van der Waals surface area contributed by atoms with Crippen LogP contribution in [0.25, 0.3) is 0 Å². The average molecular weight is 334 g/mol. The van der Waals surface area contributed by atoms with Crippen LogP contribution in [0.2, 0.25) is 0 Å². The summed E-state index contributed by atoms with van der Waals surface area (Å²) in [6, 6.07) is 2.86. The number of hydrogen-bond donors (Lipinski definition) is 1. The van der Waals surface area contributed by atoms with Gasteiger partial charge in [-0.1, -0.05) is 33.1 Å². The Morgan fingerprint density at radius 1 is 1.21 bits per heavy atom. The van der Waals surface area contributed by atoms with E-state index in [-0.39, 0.29) is 11.6 Å². The van der Waals surface area contributed by atoms with E-state index in [1.54, 1.807) is 0 Å². The van der Waals surface area contributed by atoms with E-state index in [1.807, 2.05) is 6.92 Å². The van der Waals surface area contributed by atoms with Crippen LogP contribution in [-0.4, -0.2) is 12.6 Å². The summed E-state index contributed by atoms with van der Waals surface area (Å²) in [7, 11) is 0. The van der Waals surface area contributed by atoms with Crippen LogP contribution in [0.1, 0.15) is 45.1 Å². The molecule has 0 aromatic heterocycles. The quantitative estimate of drug-likeness (QED) is 0.530. The zero-order valence-corrected chi connectivity index (χ0v) is 13.2. The number of hydrogen-bond acceptors (Lipinski definition) is 1. The molecule has 0 radical (unpaired) electrons. The Hall–Kier alpha value is -0.480. The van der Waals surface area contributed by atoms with Gasteiger partial charge >= 0.3 is 0 Å². The number of unbranched alkanes of at least 4 members (excludes halogenated alkanes) is 2. The van der Waals surface area contributed by atoms with Gasteiger partial charge in [0.1, 0.15) is 11.6 Å². The minimum atomic E-state index is -0.474. The number of rotatable bonds is 8. The molecule has 0 aliphatic rings. The van der Waals surface area contributed by atoms with E-state index in [0.717, 1.165) is 32.2 Å². The van der Waals surface area contributed by atoms with E-state index in [1.165, 1.54) is 12.1 Å². The van der Waals surface area contributed by atoms with E-state index in [9.17, 15) is 8.78 Å². The van der Waals surface area contributed by atoms with Crippen molar-refractivity contribution in [1.29, 1.82) is 0 Å². The molecule has 1 rings (SSSR count). The SMILES string of the molecule is CCCCCC(Cc1c(F)ccc(Br)c1F)NCC. The Morgan fingerprint density at radius 3 is 2.58 bits per heavy atom. The minimum absolute atomic E-state index is 0.134. The molecule has 1 unspecified atom stereocenters. The summed E-state index contributed by atoms with van der Waals surface area (Å²) in [4.78, 5) is 0. The number of nitrogens with one attached hydrogen (secondary N) is 1. The third-order valence-electron chi connectivity index (χ3n) is 3.24. The molecular weight excluding hydrogens is 312 g/mol. The molecule has 1 aromatic carbocycles. The summed E-state index contributed by atoms with van der Waals surface area (Å²) in [5.74, 6) is -0.933. The molecule has 0 spiro atoms. The molecule has 0 amide bonds. The molecule has 0 aliphatic heterocycles. The fraction of sp³-hybridized carbons (Fsp3) is 0.600. The lowest BCUT2D eigenvalue weighted by molar-refractivity contribution is 0.446. The zero-order chi connectivity index (χ0) is 14.3. The smallest absolute Gasteiger partial charge is 0.143 e. The van der Waals surface area contributed by atoms with Gasteiger partial charge < -0.3 is 5.32 Å². The lowest BCUT2D eigenvalue weighted by atomic mass is 9.99. The van der Waals surface area contributed by atoms with Crippen molar-refractivity contribution >= 4 is 15.9 Å². The highest BCUT2D eigenvalue weighted by atomic mass is 79.9. The van der Waals surface area contributed by atoms with Crippen LogP contribution in [-0.2, 0) is 6.42 Å². The van der Waals surface area contributed by atoms with Crippen molar-refractivity contribution in [3.63, 3.8) is 0 Å². The molecule has 108 valence electrons. The summed E-state index contributed by atoms with van der Waals surface area (Å²) in [6.45, 7) is 4.98. The van der Waals surface area contributed by atoms with E-state index in [2.05, 4.69) is 28.2 Å². The highest BCUT2D eigenvalue weighted by Crippen LogP contribution is 2.23. The summed E-state index contributed by atoms with van der Waals surface area (Å²) < 4.78 is 28.0. The largest absolute Gasteiger partial charge is 0.314 e. The van der Waals surface area contributed by atoms with Crippen LogP contribution in [0.3, 0.4) is 0 Å². The zero-order valence-electron chi connectivity index (χ0n) is 11.6. The molecule has 0 saturated heterocycles. The van der Waals surface area contributed by atoms with Crippen molar-refractivity contribution in [2.75, 3.05) is 6.54 Å². The van der Waals surface area contributed by atoms with Crippen LogP contribution in [0.5, 0.6) is 0 Å². The molecule has 1 N–H and O–H groups in total. The Bertz CT molecular complexity index is 396. The fourth-order valence-corrected chi connectivity index (χ4v) is 2.58. The molecule has 4 heteroatoms. The van der Waals surface area contributed by atoms with Crippen molar-refractivity contribution in [2.45, 2.75) is 52.0 Å². The third kappa shape index (κ3) is 5.19. The van der Waals surface area contributed by atoms with Gasteiger partial charge in [0.15, 0.2) is 0 Å². The summed E-state index contributed by atoms with van der Waals surface area (Å²) in [5, 5.41) is 3.32. The van der Waals surface area contributed by atoms with E-state index in [4.69, 9.17) is 0 Å². The number of halogens is 3.